The number of nitrogens with one attached hydrogen (secondary N) is 1. The number of amides is 2. The quantitative estimate of drug-likeness (QED) is 0.927. The van der Waals surface area contributed by atoms with Gasteiger partial charge in [-0.2, -0.15) is 15.0 Å². The molecule has 6 nitrogen and oxygen atoms in total. The highest BCUT2D eigenvalue weighted by molar-refractivity contribution is 5.90. The average molecular weight is 311 g/mol. The van der Waals surface area contributed by atoms with Gasteiger partial charge in [0.25, 0.3) is 0 Å². The van der Waals surface area contributed by atoms with E-state index in [9.17, 15) is 4.79 Å². The van der Waals surface area contributed by atoms with Gasteiger partial charge in [-0.1, -0.05) is 6.07 Å². The van der Waals surface area contributed by atoms with E-state index in [2.05, 4.69) is 15.5 Å². The van der Waals surface area contributed by atoms with Gasteiger partial charge in [-0.3, -0.25) is 0 Å². The van der Waals surface area contributed by atoms with E-state index in [1.165, 1.54) is 12.8 Å². The largest absolute Gasteiger partial charge is 0.322 e. The predicted octanol–water partition coefficient (Wildman–Crippen LogP) is 3.04. The maximum atomic E-state index is 12.5. The molecule has 6 heteroatoms. The van der Waals surface area contributed by atoms with Crippen molar-refractivity contribution in [3.8, 4) is 5.69 Å². The summed E-state index contributed by atoms with van der Waals surface area (Å²) in [6.45, 7) is 3.92. The van der Waals surface area contributed by atoms with Gasteiger partial charge in [0.15, 0.2) is 0 Å². The number of nitrogens with zero attached hydrogens (tertiary/aromatic N) is 4. The van der Waals surface area contributed by atoms with Crippen molar-refractivity contribution >= 4 is 11.7 Å². The monoisotopic (exact) mass is 311 g/mol. The highest BCUT2D eigenvalue weighted by Gasteiger charge is 2.44. The molecular formula is C17H21N5O. The fraction of sp³-hybridized carbons (Fsp3) is 0.471. The molecule has 2 bridgehead atoms. The normalized spacial score (nSPS) is 22.6. The Morgan fingerprint density at radius 2 is 2.04 bits per heavy atom. The summed E-state index contributed by atoms with van der Waals surface area (Å²) in [4.78, 5) is 16.1. The molecule has 0 aliphatic carbocycles. The molecule has 2 aliphatic rings. The highest BCUT2D eigenvalue weighted by atomic mass is 16.2. The van der Waals surface area contributed by atoms with Crippen LogP contribution < -0.4 is 5.32 Å². The molecule has 2 atom stereocenters. The zero-order valence-electron chi connectivity index (χ0n) is 13.5. The zero-order valence-corrected chi connectivity index (χ0v) is 13.5. The van der Waals surface area contributed by atoms with Crippen molar-refractivity contribution in [1.29, 1.82) is 0 Å². The predicted molar refractivity (Wildman–Crippen MR) is 87.7 cm³/mol. The van der Waals surface area contributed by atoms with Crippen molar-refractivity contribution < 1.29 is 4.79 Å². The molecule has 0 saturated carbocycles. The van der Waals surface area contributed by atoms with Crippen LogP contribution in [-0.4, -0.2) is 38.0 Å². The summed E-state index contributed by atoms with van der Waals surface area (Å²) < 4.78 is 0. The standard InChI is InChI=1S/C17H21N5O/c1-11-6-7-13(8-16(11)22-18-10-12(2)20-22)19-17(23)21-14-4-3-5-15(21)9-14/h6-8,10,14-15H,3-5,9H2,1-2H3,(H,19,23). The van der Waals surface area contributed by atoms with Crippen LogP contribution >= 0.6 is 0 Å². The summed E-state index contributed by atoms with van der Waals surface area (Å²) in [6.07, 6.45) is 6.42. The van der Waals surface area contributed by atoms with E-state index in [4.69, 9.17) is 0 Å². The van der Waals surface area contributed by atoms with Crippen molar-refractivity contribution in [1.82, 2.24) is 19.9 Å². The molecule has 3 heterocycles. The molecule has 2 saturated heterocycles. The van der Waals surface area contributed by atoms with Gasteiger partial charge in [0, 0.05) is 17.8 Å². The Kier molecular flexibility index (Phi) is 3.32. The lowest BCUT2D eigenvalue weighted by molar-refractivity contribution is 0.0173. The highest BCUT2D eigenvalue weighted by Crippen LogP contribution is 2.38. The first-order chi connectivity index (χ1) is 11.1. The van der Waals surface area contributed by atoms with Crippen LogP contribution in [0.3, 0.4) is 0 Å². The van der Waals surface area contributed by atoms with Gasteiger partial charge in [-0.25, -0.2) is 4.79 Å². The third-order valence-electron chi connectivity index (χ3n) is 4.92. The number of anilines is 1. The summed E-state index contributed by atoms with van der Waals surface area (Å²) in [5.41, 5.74) is 3.61. The Morgan fingerprint density at radius 3 is 2.70 bits per heavy atom. The number of hydrogen-bond donors (Lipinski definition) is 1. The lowest BCUT2D eigenvalue weighted by atomic mass is 9.80. The van der Waals surface area contributed by atoms with Crippen molar-refractivity contribution in [2.45, 2.75) is 51.6 Å². The first kappa shape index (κ1) is 14.2. The molecule has 0 spiro atoms. The van der Waals surface area contributed by atoms with Crippen molar-refractivity contribution in [3.05, 3.63) is 35.7 Å². The maximum absolute atomic E-state index is 12.5. The summed E-state index contributed by atoms with van der Waals surface area (Å²) in [5, 5.41) is 11.6. The SMILES string of the molecule is Cc1cnn(-c2cc(NC(=O)N3C4CCCC3C4)ccc2C)n1. The Bertz CT molecular complexity index is 739. The first-order valence-electron chi connectivity index (χ1n) is 8.21. The number of fused-ring (bicyclic) bond motifs is 2. The third-order valence-corrected chi connectivity index (χ3v) is 4.92. The molecular weight excluding hydrogens is 290 g/mol. The Balaban J connectivity index is 1.54. The number of carbonyl (C=O) groups is 1. The number of piperidine rings is 1. The van der Waals surface area contributed by atoms with Crippen LogP contribution in [0.5, 0.6) is 0 Å². The number of rotatable bonds is 2. The van der Waals surface area contributed by atoms with E-state index in [1.54, 1.807) is 11.0 Å². The molecule has 1 aromatic heterocycles. The van der Waals surface area contributed by atoms with Crippen molar-refractivity contribution in [3.63, 3.8) is 0 Å². The van der Waals surface area contributed by atoms with E-state index in [1.807, 2.05) is 36.9 Å². The third kappa shape index (κ3) is 2.48. The Hall–Kier alpha value is -2.37. The average Bonchev–Trinajstić information content (AvgIpc) is 2.96. The fourth-order valence-corrected chi connectivity index (χ4v) is 3.68. The zero-order chi connectivity index (χ0) is 16.0. The minimum absolute atomic E-state index is 0.0189. The first-order valence-corrected chi connectivity index (χ1v) is 8.21. The van der Waals surface area contributed by atoms with Gasteiger partial charge >= 0.3 is 6.03 Å². The van der Waals surface area contributed by atoms with Crippen molar-refractivity contribution in [2.75, 3.05) is 5.32 Å². The van der Waals surface area contributed by atoms with Crippen LogP contribution in [0.1, 0.15) is 36.9 Å². The van der Waals surface area contributed by atoms with Gasteiger partial charge < -0.3 is 10.2 Å². The van der Waals surface area contributed by atoms with Crippen molar-refractivity contribution in [2.24, 2.45) is 0 Å². The van der Waals surface area contributed by atoms with Gasteiger partial charge in [-0.15, -0.1) is 0 Å². The van der Waals surface area contributed by atoms with Gasteiger partial charge in [0.1, 0.15) is 0 Å². The number of hydrogen-bond acceptors (Lipinski definition) is 3. The van der Waals surface area contributed by atoms with Crippen LogP contribution in [0.2, 0.25) is 0 Å². The topological polar surface area (TPSA) is 63.1 Å². The van der Waals surface area contributed by atoms with Crippen LogP contribution in [-0.2, 0) is 0 Å². The van der Waals surface area contributed by atoms with Gasteiger partial charge in [0.2, 0.25) is 0 Å². The summed E-state index contributed by atoms with van der Waals surface area (Å²) in [5.74, 6) is 0. The Morgan fingerprint density at radius 1 is 1.26 bits per heavy atom. The summed E-state index contributed by atoms with van der Waals surface area (Å²) >= 11 is 0. The lowest BCUT2D eigenvalue weighted by Gasteiger charge is -2.52. The maximum Gasteiger partial charge on any atom is 0.322 e. The Labute approximate surface area is 135 Å². The van der Waals surface area contributed by atoms with Crippen LogP contribution in [0.25, 0.3) is 5.69 Å². The second-order valence-electron chi connectivity index (χ2n) is 6.59. The number of aryl methyl sites for hydroxylation is 2. The number of benzene rings is 1. The van der Waals surface area contributed by atoms with Gasteiger partial charge in [0.05, 0.1) is 17.6 Å². The number of urea groups is 1. The molecule has 2 unspecified atom stereocenters. The van der Waals surface area contributed by atoms with E-state index in [0.717, 1.165) is 35.5 Å². The minimum atomic E-state index is 0.0189. The molecule has 0 radical (unpaired) electrons. The van der Waals surface area contributed by atoms with E-state index < -0.39 is 0 Å². The van der Waals surface area contributed by atoms with E-state index in [0.29, 0.717) is 12.1 Å². The lowest BCUT2D eigenvalue weighted by Crippen LogP contribution is -2.62. The van der Waals surface area contributed by atoms with Gasteiger partial charge in [-0.05, 0) is 57.2 Å². The molecule has 1 N–H and O–H groups in total. The number of carbonyl (C=O) groups excluding carboxylic acids is 1. The van der Waals surface area contributed by atoms with E-state index in [-0.39, 0.29) is 6.03 Å². The van der Waals surface area contributed by atoms with Crippen LogP contribution in [0, 0.1) is 13.8 Å². The minimum Gasteiger partial charge on any atom is -0.318 e. The molecule has 2 aliphatic heterocycles. The van der Waals surface area contributed by atoms with E-state index >= 15 is 0 Å². The molecule has 1 aromatic carbocycles. The second kappa shape index (κ2) is 5.37. The number of aromatic nitrogens is 3. The molecule has 23 heavy (non-hydrogen) atoms. The second-order valence-corrected chi connectivity index (χ2v) is 6.59. The molecule has 2 aromatic rings. The summed E-state index contributed by atoms with van der Waals surface area (Å²) in [7, 11) is 0. The smallest absolute Gasteiger partial charge is 0.318 e. The van der Waals surface area contributed by atoms with Crippen LogP contribution in [0.15, 0.2) is 24.4 Å². The molecule has 2 amide bonds. The van der Waals surface area contributed by atoms with Crippen LogP contribution in [0.4, 0.5) is 10.5 Å². The fourth-order valence-electron chi connectivity index (χ4n) is 3.68. The molecule has 2 fully saturated rings. The molecule has 4 rings (SSSR count). The summed E-state index contributed by atoms with van der Waals surface area (Å²) in [6, 6.07) is 6.75. The molecule has 120 valence electrons.